The van der Waals surface area contributed by atoms with E-state index in [0.29, 0.717) is 18.8 Å². The lowest BCUT2D eigenvalue weighted by Gasteiger charge is -2.25. The minimum atomic E-state index is -3.42. The van der Waals surface area contributed by atoms with Crippen LogP contribution in [-0.2, 0) is 14.8 Å². The standard InChI is InChI=1S/C16H26N2O3S/c1-6-17(7-2)16(19)8-9-18(22(5,20)21)15-11-13(3)10-14(4)12-15/h10-12H,6-9H2,1-5H3. The molecule has 0 atom stereocenters. The number of amides is 1. The number of aryl methyl sites for hydroxylation is 2. The Morgan fingerprint density at radius 3 is 1.95 bits per heavy atom. The lowest BCUT2D eigenvalue weighted by molar-refractivity contribution is -0.130. The van der Waals surface area contributed by atoms with Gasteiger partial charge in [-0.2, -0.15) is 0 Å². The smallest absolute Gasteiger partial charge is 0.232 e. The second-order valence-electron chi connectivity index (χ2n) is 5.50. The van der Waals surface area contributed by atoms with Crippen LogP contribution in [0.2, 0.25) is 0 Å². The molecule has 5 nitrogen and oxygen atoms in total. The summed E-state index contributed by atoms with van der Waals surface area (Å²) in [5.74, 6) is -0.0250. The van der Waals surface area contributed by atoms with E-state index < -0.39 is 10.0 Å². The van der Waals surface area contributed by atoms with Gasteiger partial charge in [-0.05, 0) is 51.0 Å². The minimum absolute atomic E-state index is 0.0250. The molecule has 0 radical (unpaired) electrons. The number of nitrogens with zero attached hydrogens (tertiary/aromatic N) is 2. The van der Waals surface area contributed by atoms with Gasteiger partial charge in [0.1, 0.15) is 0 Å². The van der Waals surface area contributed by atoms with Crippen LogP contribution in [0.1, 0.15) is 31.4 Å². The highest BCUT2D eigenvalue weighted by Crippen LogP contribution is 2.21. The average molecular weight is 326 g/mol. The van der Waals surface area contributed by atoms with Crippen LogP contribution in [0.3, 0.4) is 0 Å². The molecular formula is C16H26N2O3S. The fourth-order valence-electron chi connectivity index (χ4n) is 2.51. The molecule has 0 spiro atoms. The topological polar surface area (TPSA) is 57.7 Å². The fourth-order valence-corrected chi connectivity index (χ4v) is 3.42. The summed E-state index contributed by atoms with van der Waals surface area (Å²) in [6.07, 6.45) is 1.36. The van der Waals surface area contributed by atoms with E-state index >= 15 is 0 Å². The fraction of sp³-hybridized carbons (Fsp3) is 0.562. The number of carbonyl (C=O) groups excluding carboxylic acids is 1. The Morgan fingerprint density at radius 2 is 1.55 bits per heavy atom. The molecule has 0 fully saturated rings. The van der Waals surface area contributed by atoms with Gasteiger partial charge in [0.25, 0.3) is 0 Å². The Kier molecular flexibility index (Phi) is 6.41. The van der Waals surface area contributed by atoms with E-state index in [0.717, 1.165) is 11.1 Å². The molecule has 0 N–H and O–H groups in total. The predicted octanol–water partition coefficient (Wildman–Crippen LogP) is 2.33. The Hall–Kier alpha value is -1.56. The second kappa shape index (κ2) is 7.63. The highest BCUT2D eigenvalue weighted by molar-refractivity contribution is 7.92. The van der Waals surface area contributed by atoms with Gasteiger partial charge in [0.15, 0.2) is 0 Å². The summed E-state index contributed by atoms with van der Waals surface area (Å²) < 4.78 is 25.5. The first-order chi connectivity index (χ1) is 10.2. The summed E-state index contributed by atoms with van der Waals surface area (Å²) in [7, 11) is -3.42. The van der Waals surface area contributed by atoms with Gasteiger partial charge in [0.05, 0.1) is 11.9 Å². The summed E-state index contributed by atoms with van der Waals surface area (Å²) in [5.41, 5.74) is 2.62. The van der Waals surface area contributed by atoms with Crippen molar-refractivity contribution in [2.45, 2.75) is 34.1 Å². The molecule has 0 heterocycles. The molecule has 1 amide bonds. The highest BCUT2D eigenvalue weighted by atomic mass is 32.2. The van der Waals surface area contributed by atoms with Gasteiger partial charge in [0, 0.05) is 26.1 Å². The van der Waals surface area contributed by atoms with E-state index in [1.807, 2.05) is 45.9 Å². The van der Waals surface area contributed by atoms with Crippen LogP contribution in [0, 0.1) is 13.8 Å². The summed E-state index contributed by atoms with van der Waals surface area (Å²) in [6, 6.07) is 5.65. The van der Waals surface area contributed by atoms with Crippen molar-refractivity contribution in [3.05, 3.63) is 29.3 Å². The van der Waals surface area contributed by atoms with Crippen molar-refractivity contribution in [3.8, 4) is 0 Å². The van der Waals surface area contributed by atoms with Gasteiger partial charge in [-0.25, -0.2) is 8.42 Å². The number of benzene rings is 1. The largest absolute Gasteiger partial charge is 0.343 e. The maximum absolute atomic E-state index is 12.1. The third kappa shape index (κ3) is 5.02. The predicted molar refractivity (Wildman–Crippen MR) is 90.7 cm³/mol. The van der Waals surface area contributed by atoms with E-state index in [1.165, 1.54) is 10.6 Å². The van der Waals surface area contributed by atoms with Gasteiger partial charge in [-0.15, -0.1) is 0 Å². The van der Waals surface area contributed by atoms with Gasteiger partial charge >= 0.3 is 0 Å². The molecule has 1 aromatic rings. The molecule has 0 bridgehead atoms. The van der Waals surface area contributed by atoms with Gasteiger partial charge < -0.3 is 4.90 Å². The van der Waals surface area contributed by atoms with Crippen molar-refractivity contribution in [1.29, 1.82) is 0 Å². The molecule has 0 unspecified atom stereocenters. The Bertz CT molecular complexity index is 602. The second-order valence-corrected chi connectivity index (χ2v) is 7.40. The molecule has 6 heteroatoms. The molecule has 124 valence electrons. The lowest BCUT2D eigenvalue weighted by Crippen LogP contribution is -2.36. The SMILES string of the molecule is CCN(CC)C(=O)CCN(c1cc(C)cc(C)c1)S(C)(=O)=O. The Balaban J connectivity index is 2.99. The number of carbonyl (C=O) groups is 1. The Labute approximate surface area is 134 Å². The van der Waals surface area contributed by atoms with E-state index in [-0.39, 0.29) is 18.9 Å². The quantitative estimate of drug-likeness (QED) is 0.773. The Morgan fingerprint density at radius 1 is 1.05 bits per heavy atom. The van der Waals surface area contributed by atoms with Crippen molar-refractivity contribution < 1.29 is 13.2 Å². The van der Waals surface area contributed by atoms with E-state index in [2.05, 4.69) is 0 Å². The van der Waals surface area contributed by atoms with E-state index in [4.69, 9.17) is 0 Å². The first-order valence-electron chi connectivity index (χ1n) is 7.52. The molecule has 0 saturated carbocycles. The molecule has 0 aliphatic rings. The normalized spacial score (nSPS) is 11.3. The molecule has 1 rings (SSSR count). The van der Waals surface area contributed by atoms with Gasteiger partial charge in [0.2, 0.25) is 15.9 Å². The molecule has 0 aliphatic carbocycles. The molecular weight excluding hydrogens is 300 g/mol. The lowest BCUT2D eigenvalue weighted by atomic mass is 10.1. The summed E-state index contributed by atoms with van der Waals surface area (Å²) in [6.45, 7) is 9.13. The first kappa shape index (κ1) is 18.5. The van der Waals surface area contributed by atoms with Crippen LogP contribution in [0.4, 0.5) is 5.69 Å². The number of anilines is 1. The number of sulfonamides is 1. The number of hydrogen-bond acceptors (Lipinski definition) is 3. The maximum Gasteiger partial charge on any atom is 0.232 e. The third-order valence-electron chi connectivity index (χ3n) is 3.54. The zero-order valence-electron chi connectivity index (χ0n) is 14.1. The molecule has 0 aromatic heterocycles. The molecule has 0 aliphatic heterocycles. The summed E-state index contributed by atoms with van der Waals surface area (Å²) >= 11 is 0. The zero-order valence-corrected chi connectivity index (χ0v) is 14.9. The monoisotopic (exact) mass is 326 g/mol. The summed E-state index contributed by atoms with van der Waals surface area (Å²) in [4.78, 5) is 13.8. The van der Waals surface area contributed by atoms with Crippen molar-refractivity contribution in [2.24, 2.45) is 0 Å². The van der Waals surface area contributed by atoms with Crippen molar-refractivity contribution in [2.75, 3.05) is 30.2 Å². The highest BCUT2D eigenvalue weighted by Gasteiger charge is 2.20. The van der Waals surface area contributed by atoms with Crippen LogP contribution in [0.15, 0.2) is 18.2 Å². The first-order valence-corrected chi connectivity index (χ1v) is 9.37. The molecule has 1 aromatic carbocycles. The van der Waals surface area contributed by atoms with Crippen molar-refractivity contribution in [3.63, 3.8) is 0 Å². The van der Waals surface area contributed by atoms with Crippen LogP contribution < -0.4 is 4.31 Å². The van der Waals surface area contributed by atoms with Crippen LogP contribution >= 0.6 is 0 Å². The van der Waals surface area contributed by atoms with Crippen LogP contribution in [0.25, 0.3) is 0 Å². The number of hydrogen-bond donors (Lipinski definition) is 0. The number of rotatable bonds is 7. The molecule has 0 saturated heterocycles. The zero-order chi connectivity index (χ0) is 16.9. The van der Waals surface area contributed by atoms with Gasteiger partial charge in [-0.1, -0.05) is 6.07 Å². The minimum Gasteiger partial charge on any atom is -0.343 e. The van der Waals surface area contributed by atoms with Crippen molar-refractivity contribution >= 4 is 21.6 Å². The van der Waals surface area contributed by atoms with Gasteiger partial charge in [-0.3, -0.25) is 9.10 Å². The van der Waals surface area contributed by atoms with E-state index in [9.17, 15) is 13.2 Å². The maximum atomic E-state index is 12.1. The third-order valence-corrected chi connectivity index (χ3v) is 4.73. The average Bonchev–Trinajstić information content (AvgIpc) is 2.37. The van der Waals surface area contributed by atoms with Crippen LogP contribution in [0.5, 0.6) is 0 Å². The van der Waals surface area contributed by atoms with E-state index in [1.54, 1.807) is 4.90 Å². The molecule has 22 heavy (non-hydrogen) atoms. The summed E-state index contributed by atoms with van der Waals surface area (Å²) in [5, 5.41) is 0. The van der Waals surface area contributed by atoms with Crippen LogP contribution in [-0.4, -0.2) is 45.1 Å². The van der Waals surface area contributed by atoms with Crippen molar-refractivity contribution in [1.82, 2.24) is 4.90 Å².